The van der Waals surface area contributed by atoms with Crippen molar-refractivity contribution in [2.75, 3.05) is 6.26 Å². The van der Waals surface area contributed by atoms with Crippen LogP contribution in [0.15, 0.2) is 58.3 Å². The van der Waals surface area contributed by atoms with Crippen LogP contribution >= 0.6 is 0 Å². The highest BCUT2D eigenvalue weighted by Gasteiger charge is 2.16. The average Bonchev–Trinajstić information content (AvgIpc) is 2.46. The first-order valence-electron chi connectivity index (χ1n) is 6.54. The molecule has 118 valence electrons. The van der Waals surface area contributed by atoms with E-state index in [0.29, 0.717) is 0 Å². The fourth-order valence-electron chi connectivity index (χ4n) is 1.84. The summed E-state index contributed by atoms with van der Waals surface area (Å²) in [5.41, 5.74) is 1.92. The van der Waals surface area contributed by atoms with Crippen molar-refractivity contribution in [1.82, 2.24) is 4.72 Å². The van der Waals surface area contributed by atoms with Gasteiger partial charge in [-0.25, -0.2) is 21.6 Å². The molecule has 0 amide bonds. The third-order valence-corrected chi connectivity index (χ3v) is 5.64. The lowest BCUT2D eigenvalue weighted by atomic mass is 10.2. The van der Waals surface area contributed by atoms with Crippen LogP contribution in [0.2, 0.25) is 0 Å². The summed E-state index contributed by atoms with van der Waals surface area (Å²) < 4.78 is 50.0. The van der Waals surface area contributed by atoms with Crippen molar-refractivity contribution in [2.45, 2.75) is 23.3 Å². The monoisotopic (exact) mass is 339 g/mol. The van der Waals surface area contributed by atoms with Crippen molar-refractivity contribution in [3.8, 4) is 0 Å². The van der Waals surface area contributed by atoms with Crippen LogP contribution in [0.5, 0.6) is 0 Å². The van der Waals surface area contributed by atoms with Crippen molar-refractivity contribution >= 4 is 19.9 Å². The van der Waals surface area contributed by atoms with E-state index in [1.165, 1.54) is 18.2 Å². The second-order valence-electron chi connectivity index (χ2n) is 5.06. The van der Waals surface area contributed by atoms with Crippen molar-refractivity contribution < 1.29 is 16.8 Å². The van der Waals surface area contributed by atoms with Crippen molar-refractivity contribution in [3.05, 3.63) is 59.7 Å². The van der Waals surface area contributed by atoms with Gasteiger partial charge in [-0.15, -0.1) is 0 Å². The highest BCUT2D eigenvalue weighted by atomic mass is 32.2. The fraction of sp³-hybridized carbons (Fsp3) is 0.200. The molecule has 2 aromatic carbocycles. The molecule has 0 saturated heterocycles. The Balaban J connectivity index is 2.22. The number of hydrogen-bond donors (Lipinski definition) is 1. The molecule has 2 aromatic rings. The van der Waals surface area contributed by atoms with E-state index in [2.05, 4.69) is 4.72 Å². The van der Waals surface area contributed by atoms with Gasteiger partial charge < -0.3 is 0 Å². The number of rotatable bonds is 5. The van der Waals surface area contributed by atoms with Crippen molar-refractivity contribution in [1.29, 1.82) is 0 Å². The largest absolute Gasteiger partial charge is 0.240 e. The van der Waals surface area contributed by atoms with Gasteiger partial charge in [0.25, 0.3) is 0 Å². The SMILES string of the molecule is Cc1ccc(CNS(=O)(=O)c2cccc(S(C)(=O)=O)c2)cc1. The molecule has 22 heavy (non-hydrogen) atoms. The van der Waals surface area contributed by atoms with Gasteiger partial charge in [0.15, 0.2) is 9.84 Å². The topological polar surface area (TPSA) is 80.3 Å². The zero-order valence-electron chi connectivity index (χ0n) is 12.3. The van der Waals surface area contributed by atoms with Crippen LogP contribution < -0.4 is 4.72 Å². The molecule has 0 unspecified atom stereocenters. The molecule has 1 N–H and O–H groups in total. The zero-order valence-corrected chi connectivity index (χ0v) is 13.9. The molecule has 0 aliphatic heterocycles. The maximum Gasteiger partial charge on any atom is 0.240 e. The predicted molar refractivity (Wildman–Crippen MR) is 84.8 cm³/mol. The second-order valence-corrected chi connectivity index (χ2v) is 8.84. The standard InChI is InChI=1S/C15H17NO4S2/c1-12-6-8-13(9-7-12)11-16-22(19,20)15-5-3-4-14(10-15)21(2,17)18/h3-10,16H,11H2,1-2H3. The summed E-state index contributed by atoms with van der Waals surface area (Å²) in [6.07, 6.45) is 1.04. The molecule has 0 bridgehead atoms. The first kappa shape index (κ1) is 16.7. The van der Waals surface area contributed by atoms with E-state index in [1.54, 1.807) is 0 Å². The average molecular weight is 339 g/mol. The fourth-order valence-corrected chi connectivity index (χ4v) is 3.64. The smallest absolute Gasteiger partial charge is 0.224 e. The number of hydrogen-bond acceptors (Lipinski definition) is 4. The molecule has 0 heterocycles. The summed E-state index contributed by atoms with van der Waals surface area (Å²) in [4.78, 5) is -0.0896. The summed E-state index contributed by atoms with van der Waals surface area (Å²) in [6, 6.07) is 12.8. The van der Waals surface area contributed by atoms with Gasteiger partial charge >= 0.3 is 0 Å². The number of benzene rings is 2. The minimum Gasteiger partial charge on any atom is -0.224 e. The molecular weight excluding hydrogens is 322 g/mol. The summed E-state index contributed by atoms with van der Waals surface area (Å²) in [5, 5.41) is 0. The lowest BCUT2D eigenvalue weighted by molar-refractivity contribution is 0.581. The molecule has 7 heteroatoms. The molecule has 2 rings (SSSR count). The number of sulfone groups is 1. The van der Waals surface area contributed by atoms with Gasteiger partial charge in [-0.2, -0.15) is 0 Å². The van der Waals surface area contributed by atoms with Crippen LogP contribution in [0, 0.1) is 6.92 Å². The molecule has 0 radical (unpaired) electrons. The Labute approximate surface area is 131 Å². The molecule has 0 aliphatic rings. The summed E-state index contributed by atoms with van der Waals surface area (Å²) in [5.74, 6) is 0. The van der Waals surface area contributed by atoms with E-state index >= 15 is 0 Å². The van der Waals surface area contributed by atoms with Gasteiger partial charge in [0, 0.05) is 12.8 Å². The van der Waals surface area contributed by atoms with E-state index in [0.717, 1.165) is 23.4 Å². The van der Waals surface area contributed by atoms with Crippen LogP contribution in [-0.2, 0) is 26.4 Å². The zero-order chi connectivity index (χ0) is 16.4. The molecular formula is C15H17NO4S2. The minimum atomic E-state index is -3.77. The van der Waals surface area contributed by atoms with Gasteiger partial charge in [0.1, 0.15) is 0 Å². The molecule has 5 nitrogen and oxygen atoms in total. The third kappa shape index (κ3) is 4.16. The summed E-state index contributed by atoms with van der Waals surface area (Å²) >= 11 is 0. The number of sulfonamides is 1. The Hall–Kier alpha value is -1.70. The van der Waals surface area contributed by atoms with E-state index < -0.39 is 19.9 Å². The first-order valence-corrected chi connectivity index (χ1v) is 9.91. The van der Waals surface area contributed by atoms with Crippen molar-refractivity contribution in [3.63, 3.8) is 0 Å². The number of nitrogens with one attached hydrogen (secondary N) is 1. The lowest BCUT2D eigenvalue weighted by Crippen LogP contribution is -2.23. The van der Waals surface area contributed by atoms with Crippen molar-refractivity contribution in [2.24, 2.45) is 0 Å². The highest BCUT2D eigenvalue weighted by Crippen LogP contribution is 2.16. The van der Waals surface area contributed by atoms with Crippen LogP contribution in [0.1, 0.15) is 11.1 Å². The Morgan fingerprint density at radius 3 is 2.09 bits per heavy atom. The second kappa shape index (κ2) is 6.20. The Morgan fingerprint density at radius 1 is 0.909 bits per heavy atom. The van der Waals surface area contributed by atoms with Crippen LogP contribution in [0.3, 0.4) is 0 Å². The van der Waals surface area contributed by atoms with Crippen LogP contribution in [0.4, 0.5) is 0 Å². The molecule has 0 atom stereocenters. The molecule has 0 spiro atoms. The predicted octanol–water partition coefficient (Wildman–Crippen LogP) is 1.88. The van der Waals surface area contributed by atoms with Crippen LogP contribution in [-0.4, -0.2) is 23.1 Å². The van der Waals surface area contributed by atoms with Gasteiger partial charge in [0.05, 0.1) is 9.79 Å². The maximum atomic E-state index is 12.2. The molecule has 0 fully saturated rings. The first-order chi connectivity index (χ1) is 10.2. The Morgan fingerprint density at radius 2 is 1.50 bits per heavy atom. The molecule has 0 aromatic heterocycles. The minimum absolute atomic E-state index is 0.0225. The van der Waals surface area contributed by atoms with E-state index in [-0.39, 0.29) is 16.3 Å². The van der Waals surface area contributed by atoms with E-state index in [1.807, 2.05) is 31.2 Å². The van der Waals surface area contributed by atoms with E-state index in [4.69, 9.17) is 0 Å². The molecule has 0 saturated carbocycles. The van der Waals surface area contributed by atoms with Crippen LogP contribution in [0.25, 0.3) is 0 Å². The third-order valence-electron chi connectivity index (χ3n) is 3.13. The summed E-state index contributed by atoms with van der Waals surface area (Å²) in [6.45, 7) is 2.09. The lowest BCUT2D eigenvalue weighted by Gasteiger charge is -2.08. The summed E-state index contributed by atoms with van der Waals surface area (Å²) in [7, 11) is -7.22. The maximum absolute atomic E-state index is 12.2. The Bertz CT molecular complexity index is 870. The quantitative estimate of drug-likeness (QED) is 0.902. The van der Waals surface area contributed by atoms with Gasteiger partial charge in [-0.3, -0.25) is 0 Å². The van der Waals surface area contributed by atoms with Gasteiger partial charge in [0.2, 0.25) is 10.0 Å². The van der Waals surface area contributed by atoms with Gasteiger partial charge in [-0.05, 0) is 30.7 Å². The Kier molecular flexibility index (Phi) is 4.69. The highest BCUT2D eigenvalue weighted by molar-refractivity contribution is 7.91. The van der Waals surface area contributed by atoms with E-state index in [9.17, 15) is 16.8 Å². The van der Waals surface area contributed by atoms with Gasteiger partial charge in [-0.1, -0.05) is 35.9 Å². The normalized spacial score (nSPS) is 12.3. The number of aryl methyl sites for hydroxylation is 1. The molecule has 0 aliphatic carbocycles.